The topological polar surface area (TPSA) is 17.8 Å². The molecule has 0 aliphatic rings. The van der Waals surface area contributed by atoms with Gasteiger partial charge >= 0.3 is 6.18 Å². The Kier molecular flexibility index (Phi) is 4.59. The Labute approximate surface area is 163 Å². The van der Waals surface area contributed by atoms with E-state index in [2.05, 4.69) is 5.10 Å². The summed E-state index contributed by atoms with van der Waals surface area (Å²) in [6, 6.07) is 16.8. The molecular formula is C21H13ClF4N2. The van der Waals surface area contributed by atoms with Crippen molar-refractivity contribution in [3.8, 4) is 11.3 Å². The predicted octanol–water partition coefficient (Wildman–Crippen LogP) is 6.56. The lowest BCUT2D eigenvalue weighted by Gasteiger charge is -2.09. The summed E-state index contributed by atoms with van der Waals surface area (Å²) in [4.78, 5) is 0. The molecule has 2 nitrogen and oxygen atoms in total. The molecule has 0 N–H and O–H groups in total. The van der Waals surface area contributed by atoms with Crippen LogP contribution in [-0.4, -0.2) is 9.78 Å². The van der Waals surface area contributed by atoms with Crippen molar-refractivity contribution in [2.75, 3.05) is 0 Å². The summed E-state index contributed by atoms with van der Waals surface area (Å²) in [6.45, 7) is -0.0134. The van der Waals surface area contributed by atoms with Crippen LogP contribution in [0.15, 0.2) is 66.7 Å². The van der Waals surface area contributed by atoms with Crippen LogP contribution in [0.25, 0.3) is 22.2 Å². The molecule has 0 unspecified atom stereocenters. The zero-order valence-electron chi connectivity index (χ0n) is 14.3. The van der Waals surface area contributed by atoms with Crippen LogP contribution in [0.1, 0.15) is 11.1 Å². The van der Waals surface area contributed by atoms with Gasteiger partial charge in [-0.3, -0.25) is 4.68 Å². The smallest absolute Gasteiger partial charge is 0.259 e. The van der Waals surface area contributed by atoms with Crippen LogP contribution in [0.2, 0.25) is 5.02 Å². The van der Waals surface area contributed by atoms with E-state index in [-0.39, 0.29) is 12.1 Å². The highest BCUT2D eigenvalue weighted by Gasteiger charge is 2.34. The average Bonchev–Trinajstić information content (AvgIpc) is 3.00. The second-order valence-electron chi connectivity index (χ2n) is 6.31. The van der Waals surface area contributed by atoms with Gasteiger partial charge in [-0.25, -0.2) is 4.39 Å². The van der Waals surface area contributed by atoms with Gasteiger partial charge in [-0.15, -0.1) is 0 Å². The maximum absolute atomic E-state index is 14.2. The Morgan fingerprint density at radius 3 is 2.39 bits per heavy atom. The van der Waals surface area contributed by atoms with Crippen LogP contribution < -0.4 is 0 Å². The van der Waals surface area contributed by atoms with Crippen LogP contribution in [0.3, 0.4) is 0 Å². The highest BCUT2D eigenvalue weighted by atomic mass is 35.5. The first-order valence-corrected chi connectivity index (χ1v) is 8.78. The van der Waals surface area contributed by atoms with Crippen molar-refractivity contribution < 1.29 is 17.6 Å². The number of halogens is 5. The van der Waals surface area contributed by atoms with Gasteiger partial charge in [0.2, 0.25) is 0 Å². The molecule has 0 saturated heterocycles. The quantitative estimate of drug-likeness (QED) is 0.353. The van der Waals surface area contributed by atoms with Crippen molar-refractivity contribution in [1.82, 2.24) is 9.78 Å². The van der Waals surface area contributed by atoms with E-state index in [1.165, 1.54) is 16.8 Å². The first-order chi connectivity index (χ1) is 13.3. The van der Waals surface area contributed by atoms with E-state index >= 15 is 0 Å². The van der Waals surface area contributed by atoms with Gasteiger partial charge in [0.1, 0.15) is 11.3 Å². The van der Waals surface area contributed by atoms with E-state index in [0.29, 0.717) is 27.2 Å². The number of hydrogen-bond acceptors (Lipinski definition) is 1. The zero-order chi connectivity index (χ0) is 19.9. The fourth-order valence-electron chi connectivity index (χ4n) is 3.22. The van der Waals surface area contributed by atoms with E-state index in [4.69, 9.17) is 11.6 Å². The van der Waals surface area contributed by atoms with Crippen LogP contribution in [-0.2, 0) is 12.7 Å². The summed E-state index contributed by atoms with van der Waals surface area (Å²) >= 11 is 6.08. The highest BCUT2D eigenvalue weighted by Crippen LogP contribution is 2.38. The third kappa shape index (κ3) is 3.36. The molecule has 0 radical (unpaired) electrons. The van der Waals surface area contributed by atoms with Gasteiger partial charge in [0.25, 0.3) is 0 Å². The fourth-order valence-corrected chi connectivity index (χ4v) is 3.41. The summed E-state index contributed by atoms with van der Waals surface area (Å²) in [5.41, 5.74) is 0.367. The van der Waals surface area contributed by atoms with Gasteiger partial charge in [0.05, 0.1) is 17.8 Å². The van der Waals surface area contributed by atoms with Crippen molar-refractivity contribution in [2.24, 2.45) is 0 Å². The van der Waals surface area contributed by atoms with Gasteiger partial charge in [0, 0.05) is 21.5 Å². The minimum atomic E-state index is -4.55. The van der Waals surface area contributed by atoms with Crippen LogP contribution >= 0.6 is 11.6 Å². The summed E-state index contributed by atoms with van der Waals surface area (Å²) in [5.74, 6) is -0.449. The van der Waals surface area contributed by atoms with Gasteiger partial charge < -0.3 is 0 Å². The third-order valence-corrected chi connectivity index (χ3v) is 4.69. The van der Waals surface area contributed by atoms with Gasteiger partial charge in [-0.05, 0) is 24.3 Å². The summed E-state index contributed by atoms with van der Waals surface area (Å²) < 4.78 is 56.0. The number of benzene rings is 3. The average molecular weight is 405 g/mol. The molecule has 7 heteroatoms. The molecule has 0 spiro atoms. The first-order valence-electron chi connectivity index (χ1n) is 8.40. The summed E-state index contributed by atoms with van der Waals surface area (Å²) in [7, 11) is 0. The Morgan fingerprint density at radius 1 is 0.929 bits per heavy atom. The lowest BCUT2D eigenvalue weighted by molar-refractivity contribution is -0.136. The Balaban J connectivity index is 1.99. The van der Waals surface area contributed by atoms with Crippen molar-refractivity contribution in [3.05, 3.63) is 88.7 Å². The molecular weight excluding hydrogens is 392 g/mol. The number of nitrogens with zero attached hydrogens (tertiary/aromatic N) is 2. The monoisotopic (exact) mass is 404 g/mol. The molecule has 4 aromatic rings. The molecule has 0 amide bonds. The molecule has 0 fully saturated rings. The van der Waals surface area contributed by atoms with E-state index in [9.17, 15) is 17.6 Å². The molecule has 1 heterocycles. The van der Waals surface area contributed by atoms with Gasteiger partial charge in [-0.2, -0.15) is 18.3 Å². The molecule has 142 valence electrons. The van der Waals surface area contributed by atoms with Crippen LogP contribution in [0, 0.1) is 5.82 Å². The lowest BCUT2D eigenvalue weighted by atomic mass is 10.0. The highest BCUT2D eigenvalue weighted by molar-refractivity contribution is 6.30. The van der Waals surface area contributed by atoms with E-state index in [1.807, 2.05) is 0 Å². The van der Waals surface area contributed by atoms with E-state index in [0.717, 1.165) is 6.07 Å². The molecule has 1 aromatic heterocycles. The first kappa shape index (κ1) is 18.5. The van der Waals surface area contributed by atoms with Crippen molar-refractivity contribution in [3.63, 3.8) is 0 Å². The van der Waals surface area contributed by atoms with Crippen LogP contribution in [0.5, 0.6) is 0 Å². The molecule has 0 aliphatic heterocycles. The van der Waals surface area contributed by atoms with E-state index < -0.39 is 17.6 Å². The van der Waals surface area contributed by atoms with Crippen molar-refractivity contribution in [2.45, 2.75) is 12.7 Å². The third-order valence-electron chi connectivity index (χ3n) is 4.45. The molecule has 0 atom stereocenters. The molecule has 28 heavy (non-hydrogen) atoms. The van der Waals surface area contributed by atoms with E-state index in [1.54, 1.807) is 48.5 Å². The number of hydrogen-bond donors (Lipinski definition) is 0. The second kappa shape index (κ2) is 6.95. The number of fused-ring (bicyclic) bond motifs is 1. The zero-order valence-corrected chi connectivity index (χ0v) is 15.1. The number of alkyl halides is 3. The molecule has 0 saturated carbocycles. The fraction of sp³-hybridized carbons (Fsp3) is 0.0952. The molecule has 0 bridgehead atoms. The second-order valence-corrected chi connectivity index (χ2v) is 6.74. The lowest BCUT2D eigenvalue weighted by Crippen LogP contribution is -2.07. The molecule has 3 aromatic carbocycles. The van der Waals surface area contributed by atoms with Crippen LogP contribution in [0.4, 0.5) is 17.6 Å². The summed E-state index contributed by atoms with van der Waals surface area (Å²) in [5, 5.41) is 4.98. The number of aromatic nitrogens is 2. The Bertz CT molecular complexity index is 1160. The molecule has 0 aliphatic carbocycles. The van der Waals surface area contributed by atoms with Crippen molar-refractivity contribution in [1.29, 1.82) is 0 Å². The molecule has 4 rings (SSSR count). The van der Waals surface area contributed by atoms with Crippen molar-refractivity contribution >= 4 is 22.5 Å². The maximum atomic E-state index is 14.2. The Morgan fingerprint density at radius 2 is 1.68 bits per heavy atom. The maximum Gasteiger partial charge on any atom is 0.418 e. The predicted molar refractivity (Wildman–Crippen MR) is 101 cm³/mol. The minimum absolute atomic E-state index is 0.0134. The minimum Gasteiger partial charge on any atom is -0.259 e. The standard InChI is InChI=1S/C21H13ClF4N2/c22-15-7-3-6-13(11-15)20-16-8-4-9-17(21(24,25)26)19(16)27-28(20)12-14-5-1-2-10-18(14)23/h1-11H,12H2. The normalized spacial score (nSPS) is 11.9. The van der Waals surface area contributed by atoms with Gasteiger partial charge in [-0.1, -0.05) is 54.1 Å². The Hall–Kier alpha value is -2.86. The SMILES string of the molecule is Fc1ccccc1Cn1nc2c(C(F)(F)F)cccc2c1-c1cccc(Cl)c1. The number of rotatable bonds is 3. The largest absolute Gasteiger partial charge is 0.418 e. The summed E-state index contributed by atoms with van der Waals surface area (Å²) in [6.07, 6.45) is -4.55. The van der Waals surface area contributed by atoms with Gasteiger partial charge in [0.15, 0.2) is 0 Å².